The van der Waals surface area contributed by atoms with Crippen LogP contribution in [0.4, 0.5) is 0 Å². The number of carbonyl (C=O) groups is 2. The van der Waals surface area contributed by atoms with Gasteiger partial charge in [0.25, 0.3) is 5.91 Å². The molecule has 164 valence electrons. The first kappa shape index (κ1) is 22.3. The van der Waals surface area contributed by atoms with Crippen molar-refractivity contribution < 1.29 is 19.1 Å². The van der Waals surface area contributed by atoms with E-state index in [0.717, 1.165) is 12.8 Å². The van der Waals surface area contributed by atoms with Crippen LogP contribution in [0.3, 0.4) is 0 Å². The third kappa shape index (κ3) is 5.22. The minimum atomic E-state index is -0.825. The number of likely N-dealkylation sites (tertiary alicyclic amines) is 1. The number of primary amides is 1. The maximum atomic E-state index is 12.5. The number of amides is 2. The average molecular weight is 425 g/mol. The molecule has 1 aromatic heterocycles. The fraction of sp³-hybridized carbons (Fsp3) is 0.455. The monoisotopic (exact) mass is 425 g/mol. The summed E-state index contributed by atoms with van der Waals surface area (Å²) in [4.78, 5) is 30.3. The van der Waals surface area contributed by atoms with Gasteiger partial charge in [0.1, 0.15) is 17.6 Å². The first-order chi connectivity index (χ1) is 14.8. The van der Waals surface area contributed by atoms with Gasteiger partial charge in [0.2, 0.25) is 5.91 Å². The van der Waals surface area contributed by atoms with E-state index in [4.69, 9.17) is 26.2 Å². The second-order valence-electron chi connectivity index (χ2n) is 7.84. The number of pyridine rings is 1. The van der Waals surface area contributed by atoms with Crippen molar-refractivity contribution in [1.29, 1.82) is 5.26 Å². The lowest BCUT2D eigenvalue weighted by Crippen LogP contribution is -2.50. The lowest BCUT2D eigenvalue weighted by Gasteiger charge is -2.34. The summed E-state index contributed by atoms with van der Waals surface area (Å²) in [6, 6.07) is 6.16. The number of carbonyl (C=O) groups excluding carboxylic acids is 2. The molecule has 9 heteroatoms. The highest BCUT2D eigenvalue weighted by Crippen LogP contribution is 2.32. The van der Waals surface area contributed by atoms with Crippen molar-refractivity contribution in [2.45, 2.75) is 51.4 Å². The SMILES string of the molecule is CC(C)Oc1cc2c(O[C@@H]3CCCN(C(=O)[C@@H](N)CC#N)C3)ccnc2cc1C(N)=O. The van der Waals surface area contributed by atoms with E-state index < -0.39 is 11.9 Å². The fourth-order valence-corrected chi connectivity index (χ4v) is 3.63. The zero-order valence-electron chi connectivity index (χ0n) is 17.7. The molecule has 1 fully saturated rings. The van der Waals surface area contributed by atoms with Gasteiger partial charge < -0.3 is 25.8 Å². The number of aromatic nitrogens is 1. The number of nitrogens with zero attached hydrogens (tertiary/aromatic N) is 3. The Hall–Kier alpha value is -3.38. The molecular formula is C22H27N5O4. The van der Waals surface area contributed by atoms with E-state index >= 15 is 0 Å². The standard InChI is InChI=1S/C22H27N5O4/c1-13(2)30-20-11-15-18(10-16(20)21(25)28)26-8-6-19(15)31-14-4-3-9-27(12-14)22(29)17(24)5-7-23/h6,8,10-11,13-14,17H,3-5,9,12,24H2,1-2H3,(H2,25,28)/t14-,17+/m1/s1. The van der Waals surface area contributed by atoms with Crippen molar-refractivity contribution in [2.75, 3.05) is 13.1 Å². The molecule has 31 heavy (non-hydrogen) atoms. The van der Waals surface area contributed by atoms with Gasteiger partial charge in [-0.15, -0.1) is 0 Å². The smallest absolute Gasteiger partial charge is 0.252 e. The van der Waals surface area contributed by atoms with Gasteiger partial charge in [-0.3, -0.25) is 14.6 Å². The quantitative estimate of drug-likeness (QED) is 0.687. The number of hydrogen-bond acceptors (Lipinski definition) is 7. The largest absolute Gasteiger partial charge is 0.490 e. The first-order valence-electron chi connectivity index (χ1n) is 10.3. The zero-order chi connectivity index (χ0) is 22.5. The Bertz CT molecular complexity index is 1020. The predicted molar refractivity (Wildman–Crippen MR) is 114 cm³/mol. The van der Waals surface area contributed by atoms with Crippen molar-refractivity contribution in [2.24, 2.45) is 11.5 Å². The molecule has 0 unspecified atom stereocenters. The van der Waals surface area contributed by atoms with Gasteiger partial charge in [-0.05, 0) is 44.9 Å². The number of benzene rings is 1. The van der Waals surface area contributed by atoms with E-state index in [1.54, 1.807) is 29.3 Å². The molecule has 0 aliphatic carbocycles. The number of nitrogens with two attached hydrogens (primary N) is 2. The minimum Gasteiger partial charge on any atom is -0.490 e. The van der Waals surface area contributed by atoms with Gasteiger partial charge in [-0.1, -0.05) is 0 Å². The summed E-state index contributed by atoms with van der Waals surface area (Å²) in [6.07, 6.45) is 2.74. The summed E-state index contributed by atoms with van der Waals surface area (Å²) >= 11 is 0. The van der Waals surface area contributed by atoms with E-state index in [1.807, 2.05) is 19.9 Å². The summed E-state index contributed by atoms with van der Waals surface area (Å²) in [5.74, 6) is 0.111. The Morgan fingerprint density at radius 3 is 2.81 bits per heavy atom. The molecule has 2 atom stereocenters. The summed E-state index contributed by atoms with van der Waals surface area (Å²) in [5.41, 5.74) is 12.1. The maximum absolute atomic E-state index is 12.5. The van der Waals surface area contributed by atoms with Crippen molar-refractivity contribution in [3.8, 4) is 17.6 Å². The van der Waals surface area contributed by atoms with Gasteiger partial charge >= 0.3 is 0 Å². The van der Waals surface area contributed by atoms with Crippen LogP contribution < -0.4 is 20.9 Å². The fourth-order valence-electron chi connectivity index (χ4n) is 3.63. The molecule has 1 aliphatic rings. The van der Waals surface area contributed by atoms with Crippen LogP contribution in [0.1, 0.15) is 43.5 Å². The first-order valence-corrected chi connectivity index (χ1v) is 10.3. The summed E-state index contributed by atoms with van der Waals surface area (Å²) in [6.45, 7) is 4.69. The second kappa shape index (κ2) is 9.62. The Morgan fingerprint density at radius 1 is 1.35 bits per heavy atom. The number of ether oxygens (including phenoxy) is 2. The van der Waals surface area contributed by atoms with E-state index in [1.165, 1.54) is 0 Å². The van der Waals surface area contributed by atoms with Gasteiger partial charge in [0.05, 0.1) is 42.3 Å². The molecule has 0 spiro atoms. The Kier molecular flexibility index (Phi) is 6.92. The second-order valence-corrected chi connectivity index (χ2v) is 7.84. The number of piperidine rings is 1. The molecule has 2 aromatic rings. The molecule has 1 aromatic carbocycles. The number of hydrogen-bond donors (Lipinski definition) is 2. The molecular weight excluding hydrogens is 398 g/mol. The van der Waals surface area contributed by atoms with Gasteiger partial charge in [-0.25, -0.2) is 0 Å². The molecule has 4 N–H and O–H groups in total. The van der Waals surface area contributed by atoms with Gasteiger partial charge in [-0.2, -0.15) is 5.26 Å². The van der Waals surface area contributed by atoms with E-state index in [-0.39, 0.29) is 30.1 Å². The lowest BCUT2D eigenvalue weighted by atomic mass is 10.1. The Morgan fingerprint density at radius 2 is 2.13 bits per heavy atom. The van der Waals surface area contributed by atoms with Crippen LogP contribution in [-0.2, 0) is 4.79 Å². The zero-order valence-corrected chi connectivity index (χ0v) is 17.7. The van der Waals surface area contributed by atoms with Crippen LogP contribution in [-0.4, -0.2) is 53.0 Å². The molecule has 0 radical (unpaired) electrons. The molecule has 1 saturated heterocycles. The van der Waals surface area contributed by atoms with Crippen LogP contribution in [0.15, 0.2) is 24.4 Å². The van der Waals surface area contributed by atoms with Crippen molar-refractivity contribution in [1.82, 2.24) is 9.88 Å². The topological polar surface area (TPSA) is 145 Å². The summed E-state index contributed by atoms with van der Waals surface area (Å²) in [5, 5.41) is 9.48. The molecule has 3 rings (SSSR count). The number of fused-ring (bicyclic) bond motifs is 1. The van der Waals surface area contributed by atoms with E-state index in [0.29, 0.717) is 35.5 Å². The third-order valence-electron chi connectivity index (χ3n) is 5.04. The van der Waals surface area contributed by atoms with Crippen molar-refractivity contribution in [3.05, 3.63) is 30.0 Å². The summed E-state index contributed by atoms with van der Waals surface area (Å²) < 4.78 is 12.0. The average Bonchev–Trinajstić information content (AvgIpc) is 2.73. The van der Waals surface area contributed by atoms with Crippen LogP contribution in [0.25, 0.3) is 10.9 Å². The highest BCUT2D eigenvalue weighted by Gasteiger charge is 2.28. The van der Waals surface area contributed by atoms with Crippen LogP contribution in [0, 0.1) is 11.3 Å². The Balaban J connectivity index is 1.86. The lowest BCUT2D eigenvalue weighted by molar-refractivity contribution is -0.135. The highest BCUT2D eigenvalue weighted by molar-refractivity contribution is 6.01. The highest BCUT2D eigenvalue weighted by atomic mass is 16.5. The summed E-state index contributed by atoms with van der Waals surface area (Å²) in [7, 11) is 0. The number of rotatable bonds is 7. The molecule has 0 saturated carbocycles. The third-order valence-corrected chi connectivity index (χ3v) is 5.04. The van der Waals surface area contributed by atoms with E-state index in [2.05, 4.69) is 4.98 Å². The maximum Gasteiger partial charge on any atom is 0.252 e. The van der Waals surface area contributed by atoms with Crippen LogP contribution in [0.2, 0.25) is 0 Å². The predicted octanol–water partition coefficient (Wildman–Crippen LogP) is 1.73. The molecule has 2 heterocycles. The van der Waals surface area contributed by atoms with Crippen molar-refractivity contribution >= 4 is 22.7 Å². The molecule has 2 amide bonds. The molecule has 0 bridgehead atoms. The van der Waals surface area contributed by atoms with Crippen molar-refractivity contribution in [3.63, 3.8) is 0 Å². The van der Waals surface area contributed by atoms with Crippen LogP contribution >= 0.6 is 0 Å². The van der Waals surface area contributed by atoms with Crippen LogP contribution in [0.5, 0.6) is 11.5 Å². The molecule has 1 aliphatic heterocycles. The normalized spacial score (nSPS) is 17.3. The molecule has 9 nitrogen and oxygen atoms in total. The van der Waals surface area contributed by atoms with Gasteiger partial charge in [0, 0.05) is 18.1 Å². The van der Waals surface area contributed by atoms with Gasteiger partial charge in [0.15, 0.2) is 0 Å². The number of nitriles is 1. The Labute approximate surface area is 180 Å². The minimum absolute atomic E-state index is 0.0172. The van der Waals surface area contributed by atoms with E-state index in [9.17, 15) is 9.59 Å².